The third kappa shape index (κ3) is 2.64. The molecule has 0 radical (unpaired) electrons. The van der Waals surface area contributed by atoms with Crippen LogP contribution in [-0.4, -0.2) is 28.3 Å². The first-order chi connectivity index (χ1) is 9.68. The van der Waals surface area contributed by atoms with Gasteiger partial charge in [0.1, 0.15) is 17.6 Å². The van der Waals surface area contributed by atoms with E-state index in [4.69, 9.17) is 9.15 Å². The van der Waals surface area contributed by atoms with E-state index < -0.39 is 0 Å². The number of ether oxygens (including phenoxy) is 1. The summed E-state index contributed by atoms with van der Waals surface area (Å²) in [5.74, 6) is 1.82. The number of furan rings is 1. The van der Waals surface area contributed by atoms with Crippen molar-refractivity contribution in [3.8, 4) is 0 Å². The molecule has 108 valence electrons. The second-order valence-corrected chi connectivity index (χ2v) is 5.63. The highest BCUT2D eigenvalue weighted by Gasteiger charge is 2.31. The number of hydrogen-bond acceptors (Lipinski definition) is 4. The van der Waals surface area contributed by atoms with Crippen molar-refractivity contribution in [2.75, 3.05) is 13.2 Å². The zero-order chi connectivity index (χ0) is 14.0. The molecule has 0 amide bonds. The van der Waals surface area contributed by atoms with Gasteiger partial charge in [-0.25, -0.2) is 4.98 Å². The Kier molecular flexibility index (Phi) is 3.63. The van der Waals surface area contributed by atoms with Crippen LogP contribution in [0.2, 0.25) is 0 Å². The Bertz CT molecular complexity index is 541. The molecule has 3 heterocycles. The Morgan fingerprint density at radius 3 is 3.05 bits per heavy atom. The minimum absolute atomic E-state index is 0.0500. The predicted molar refractivity (Wildman–Crippen MR) is 75.4 cm³/mol. The molecule has 2 unspecified atom stereocenters. The van der Waals surface area contributed by atoms with E-state index in [0.717, 1.165) is 37.6 Å². The molecular formula is C15H21N3O2. The SMILES string of the molecule is Cn1ccnc1C(NCC1(C)CCCO1)c1ccco1. The Morgan fingerprint density at radius 1 is 1.55 bits per heavy atom. The van der Waals surface area contributed by atoms with Gasteiger partial charge in [-0.1, -0.05) is 0 Å². The first kappa shape index (κ1) is 13.4. The van der Waals surface area contributed by atoms with E-state index in [-0.39, 0.29) is 11.6 Å². The monoisotopic (exact) mass is 275 g/mol. The van der Waals surface area contributed by atoms with Gasteiger partial charge in [-0.3, -0.25) is 5.32 Å². The molecule has 0 aromatic carbocycles. The quantitative estimate of drug-likeness (QED) is 0.909. The largest absolute Gasteiger partial charge is 0.467 e. The van der Waals surface area contributed by atoms with Crippen LogP contribution in [0.15, 0.2) is 35.2 Å². The lowest BCUT2D eigenvalue weighted by molar-refractivity contribution is 0.0189. The zero-order valence-corrected chi connectivity index (χ0v) is 12.0. The number of rotatable bonds is 5. The zero-order valence-electron chi connectivity index (χ0n) is 12.0. The molecule has 3 rings (SSSR count). The summed E-state index contributed by atoms with van der Waals surface area (Å²) in [6.45, 7) is 3.79. The standard InChI is InChI=1S/C15H21N3O2/c1-15(6-4-10-20-15)11-17-13(12-5-3-9-19-12)14-16-7-8-18(14)2/h3,5,7-9,13,17H,4,6,10-11H2,1-2H3. The maximum absolute atomic E-state index is 5.84. The summed E-state index contributed by atoms with van der Waals surface area (Å²) >= 11 is 0. The van der Waals surface area contributed by atoms with Crippen molar-refractivity contribution in [3.63, 3.8) is 0 Å². The van der Waals surface area contributed by atoms with Gasteiger partial charge >= 0.3 is 0 Å². The fourth-order valence-electron chi connectivity index (χ4n) is 2.72. The van der Waals surface area contributed by atoms with E-state index in [1.807, 2.05) is 29.9 Å². The molecule has 1 aliphatic heterocycles. The third-order valence-electron chi connectivity index (χ3n) is 3.92. The summed E-state index contributed by atoms with van der Waals surface area (Å²) < 4.78 is 13.4. The molecule has 0 aliphatic carbocycles. The van der Waals surface area contributed by atoms with Crippen molar-refractivity contribution in [3.05, 3.63) is 42.4 Å². The molecule has 5 nitrogen and oxygen atoms in total. The van der Waals surface area contributed by atoms with Gasteiger partial charge in [-0.2, -0.15) is 0 Å². The van der Waals surface area contributed by atoms with Crippen LogP contribution in [-0.2, 0) is 11.8 Å². The lowest BCUT2D eigenvalue weighted by atomic mass is 10.0. The molecule has 2 aromatic rings. The van der Waals surface area contributed by atoms with E-state index in [2.05, 4.69) is 17.2 Å². The van der Waals surface area contributed by atoms with Crippen LogP contribution < -0.4 is 5.32 Å². The Labute approximate surface area is 118 Å². The maximum atomic E-state index is 5.84. The number of hydrogen-bond donors (Lipinski definition) is 1. The van der Waals surface area contributed by atoms with Gasteiger partial charge in [0.2, 0.25) is 0 Å². The van der Waals surface area contributed by atoms with Crippen molar-refractivity contribution in [2.24, 2.45) is 7.05 Å². The van der Waals surface area contributed by atoms with Crippen molar-refractivity contribution < 1.29 is 9.15 Å². The van der Waals surface area contributed by atoms with Crippen LogP contribution in [0.5, 0.6) is 0 Å². The fourth-order valence-corrected chi connectivity index (χ4v) is 2.72. The molecular weight excluding hydrogens is 254 g/mol. The van der Waals surface area contributed by atoms with Crippen LogP contribution >= 0.6 is 0 Å². The smallest absolute Gasteiger partial charge is 0.133 e. The molecule has 2 aromatic heterocycles. The topological polar surface area (TPSA) is 52.2 Å². The molecule has 0 bridgehead atoms. The molecule has 1 saturated heterocycles. The van der Waals surface area contributed by atoms with E-state index in [1.165, 1.54) is 0 Å². The van der Waals surface area contributed by atoms with E-state index in [0.29, 0.717) is 0 Å². The molecule has 5 heteroatoms. The van der Waals surface area contributed by atoms with Crippen LogP contribution in [0, 0.1) is 0 Å². The van der Waals surface area contributed by atoms with Gasteiger partial charge < -0.3 is 13.7 Å². The number of aryl methyl sites for hydroxylation is 1. The number of nitrogens with one attached hydrogen (secondary N) is 1. The summed E-state index contributed by atoms with van der Waals surface area (Å²) in [6.07, 6.45) is 7.67. The van der Waals surface area contributed by atoms with Gasteiger partial charge in [0.15, 0.2) is 0 Å². The van der Waals surface area contributed by atoms with E-state index >= 15 is 0 Å². The second kappa shape index (κ2) is 5.42. The lowest BCUT2D eigenvalue weighted by Crippen LogP contribution is -2.39. The lowest BCUT2D eigenvalue weighted by Gasteiger charge is -2.26. The predicted octanol–water partition coefficient (Wildman–Crippen LogP) is 2.26. The summed E-state index contributed by atoms with van der Waals surface area (Å²) in [5, 5.41) is 3.55. The van der Waals surface area contributed by atoms with Crippen molar-refractivity contribution >= 4 is 0 Å². The Morgan fingerprint density at radius 2 is 2.45 bits per heavy atom. The van der Waals surface area contributed by atoms with Crippen LogP contribution in [0.4, 0.5) is 0 Å². The molecule has 0 spiro atoms. The average molecular weight is 275 g/mol. The third-order valence-corrected chi connectivity index (χ3v) is 3.92. The van der Waals surface area contributed by atoms with Crippen molar-refractivity contribution in [1.29, 1.82) is 0 Å². The van der Waals surface area contributed by atoms with E-state index in [1.54, 1.807) is 12.5 Å². The summed E-state index contributed by atoms with van der Waals surface area (Å²) in [5.41, 5.74) is -0.0873. The molecule has 20 heavy (non-hydrogen) atoms. The molecule has 1 aliphatic rings. The summed E-state index contributed by atoms with van der Waals surface area (Å²) in [4.78, 5) is 4.44. The van der Waals surface area contributed by atoms with Gasteiger partial charge in [0.05, 0.1) is 11.9 Å². The maximum Gasteiger partial charge on any atom is 0.133 e. The first-order valence-corrected chi connectivity index (χ1v) is 7.06. The summed E-state index contributed by atoms with van der Waals surface area (Å²) in [7, 11) is 1.99. The second-order valence-electron chi connectivity index (χ2n) is 5.63. The number of imidazole rings is 1. The van der Waals surface area contributed by atoms with Crippen molar-refractivity contribution in [2.45, 2.75) is 31.4 Å². The molecule has 2 atom stereocenters. The van der Waals surface area contributed by atoms with Crippen molar-refractivity contribution in [1.82, 2.24) is 14.9 Å². The Balaban J connectivity index is 1.78. The number of aromatic nitrogens is 2. The number of nitrogens with zero attached hydrogens (tertiary/aromatic N) is 2. The highest BCUT2D eigenvalue weighted by Crippen LogP contribution is 2.27. The normalized spacial score (nSPS) is 24.1. The van der Waals surface area contributed by atoms with Gasteiger partial charge in [-0.05, 0) is 31.9 Å². The fraction of sp³-hybridized carbons (Fsp3) is 0.533. The van der Waals surface area contributed by atoms with Crippen LogP contribution in [0.25, 0.3) is 0 Å². The first-order valence-electron chi connectivity index (χ1n) is 7.06. The van der Waals surface area contributed by atoms with Crippen LogP contribution in [0.3, 0.4) is 0 Å². The summed E-state index contributed by atoms with van der Waals surface area (Å²) in [6, 6.07) is 3.83. The van der Waals surface area contributed by atoms with Crippen LogP contribution in [0.1, 0.15) is 37.4 Å². The minimum atomic E-state index is -0.0873. The minimum Gasteiger partial charge on any atom is -0.467 e. The van der Waals surface area contributed by atoms with Gasteiger partial charge in [0, 0.05) is 32.6 Å². The average Bonchev–Trinajstić information content (AvgIpc) is 3.14. The van der Waals surface area contributed by atoms with E-state index in [9.17, 15) is 0 Å². The highest BCUT2D eigenvalue weighted by molar-refractivity contribution is 5.16. The molecule has 1 N–H and O–H groups in total. The van der Waals surface area contributed by atoms with Gasteiger partial charge in [-0.15, -0.1) is 0 Å². The highest BCUT2D eigenvalue weighted by atomic mass is 16.5. The molecule has 0 saturated carbocycles. The Hall–Kier alpha value is -1.59. The molecule has 1 fully saturated rings. The van der Waals surface area contributed by atoms with Gasteiger partial charge in [0.25, 0.3) is 0 Å².